The number of hydrogen-bond acceptors (Lipinski definition) is 7. The molecule has 4 N–H and O–H groups in total. The van der Waals surface area contributed by atoms with Gasteiger partial charge in [-0.1, -0.05) is 20.8 Å². The summed E-state index contributed by atoms with van der Waals surface area (Å²) in [5.74, 6) is 0.522. The third-order valence-corrected chi connectivity index (χ3v) is 11.7. The van der Waals surface area contributed by atoms with Crippen molar-refractivity contribution in [2.24, 2.45) is 46.3 Å². The fourth-order valence-electron chi connectivity index (χ4n) is 9.10. The van der Waals surface area contributed by atoms with Gasteiger partial charge in [0.25, 0.3) is 0 Å². The molecule has 4 aliphatic carbocycles. The van der Waals surface area contributed by atoms with E-state index in [4.69, 9.17) is 0 Å². The molecule has 36 heavy (non-hydrogen) atoms. The van der Waals surface area contributed by atoms with Crippen molar-refractivity contribution in [1.29, 1.82) is 0 Å². The Morgan fingerprint density at radius 1 is 1.08 bits per heavy atom. The van der Waals surface area contributed by atoms with Crippen molar-refractivity contribution in [2.45, 2.75) is 96.9 Å². The van der Waals surface area contributed by atoms with Crippen LogP contribution in [0.3, 0.4) is 0 Å². The Morgan fingerprint density at radius 2 is 1.78 bits per heavy atom. The number of hydrogen-bond donors (Lipinski definition) is 4. The number of carbonyl (C=O) groups excluding carboxylic acids is 1. The monoisotopic (exact) mass is 553 g/mol. The second kappa shape index (κ2) is 11.8. The van der Waals surface area contributed by atoms with Crippen LogP contribution in [0.1, 0.15) is 78.6 Å². The minimum Gasteiger partial charge on any atom is -0.748 e. The maximum Gasteiger partial charge on any atom is 1.00 e. The van der Waals surface area contributed by atoms with Gasteiger partial charge in [0.2, 0.25) is 5.91 Å². The molecule has 0 radical (unpaired) electrons. The average molecular weight is 554 g/mol. The van der Waals surface area contributed by atoms with Gasteiger partial charge in [0, 0.05) is 13.0 Å². The molecule has 11 atom stereocenters. The average Bonchev–Trinajstić information content (AvgIpc) is 3.12. The van der Waals surface area contributed by atoms with E-state index >= 15 is 0 Å². The molecule has 4 rings (SSSR count). The second-order valence-corrected chi connectivity index (χ2v) is 14.2. The third kappa shape index (κ3) is 5.98. The van der Waals surface area contributed by atoms with Crippen molar-refractivity contribution in [2.75, 3.05) is 12.3 Å². The van der Waals surface area contributed by atoms with E-state index in [0.717, 1.165) is 38.5 Å². The quantitative estimate of drug-likeness (QED) is 0.234. The molecule has 0 aromatic heterocycles. The van der Waals surface area contributed by atoms with Gasteiger partial charge >= 0.3 is 51.4 Å². The summed E-state index contributed by atoms with van der Waals surface area (Å²) in [5.41, 5.74) is -0.267. The number of carbonyl (C=O) groups is 1. The molecular weight excluding hydrogens is 509 g/mol. The topological polar surface area (TPSA) is 147 Å². The zero-order valence-corrected chi connectivity index (χ0v) is 26.3. The van der Waals surface area contributed by atoms with Crippen LogP contribution in [0, 0.1) is 46.3 Å². The standard InChI is InChI=1S/C26H45NO7S.K/c1-15(4-7-23(31)27-10-11-35(32,33)34)18-5-6-19-24-20(14-22(30)26(18,19)3)25(2)9-8-17(28)12-16(25)13-21(24)29;/h15-22,24,28-30H,4-14H2,1-3H3,(H,27,31)(H,32,33,34);/q;+1/p-1/t15?,16?,17-,18?,19?,20?,21-,22+,24?,25?,26?;/m1./s1. The maximum absolute atomic E-state index is 12.2. The van der Waals surface area contributed by atoms with E-state index in [2.05, 4.69) is 26.1 Å². The van der Waals surface area contributed by atoms with E-state index in [1.54, 1.807) is 0 Å². The summed E-state index contributed by atoms with van der Waals surface area (Å²) in [7, 11) is -4.35. The van der Waals surface area contributed by atoms with E-state index in [9.17, 15) is 33.1 Å². The van der Waals surface area contributed by atoms with Crippen LogP contribution in [0.5, 0.6) is 0 Å². The first-order chi connectivity index (χ1) is 16.3. The molecule has 4 aliphatic rings. The molecule has 4 saturated carbocycles. The first-order valence-corrected chi connectivity index (χ1v) is 15.1. The second-order valence-electron chi connectivity index (χ2n) is 12.7. The zero-order chi connectivity index (χ0) is 25.8. The van der Waals surface area contributed by atoms with Gasteiger partial charge in [-0.3, -0.25) is 4.79 Å². The molecule has 8 unspecified atom stereocenters. The Hall–Kier alpha value is 0.896. The van der Waals surface area contributed by atoms with Gasteiger partial charge in [-0.15, -0.1) is 0 Å². The van der Waals surface area contributed by atoms with Crippen LogP contribution in [-0.2, 0) is 14.9 Å². The van der Waals surface area contributed by atoms with Gasteiger partial charge in [-0.05, 0) is 97.7 Å². The van der Waals surface area contributed by atoms with Crippen LogP contribution < -0.4 is 56.7 Å². The molecule has 0 aromatic rings. The van der Waals surface area contributed by atoms with Crippen molar-refractivity contribution in [3.63, 3.8) is 0 Å². The van der Waals surface area contributed by atoms with Crippen molar-refractivity contribution >= 4 is 16.0 Å². The third-order valence-electron chi connectivity index (χ3n) is 11.0. The molecule has 0 aromatic carbocycles. The first-order valence-electron chi connectivity index (χ1n) is 13.5. The van der Waals surface area contributed by atoms with Crippen LogP contribution in [0.25, 0.3) is 0 Å². The number of amides is 1. The van der Waals surface area contributed by atoms with Gasteiger partial charge in [0.15, 0.2) is 0 Å². The van der Waals surface area contributed by atoms with E-state index in [-0.39, 0.29) is 117 Å². The fraction of sp³-hybridized carbons (Fsp3) is 0.962. The summed E-state index contributed by atoms with van der Waals surface area (Å²) in [6.45, 7) is 6.48. The van der Waals surface area contributed by atoms with Gasteiger partial charge in [-0.25, -0.2) is 8.42 Å². The van der Waals surface area contributed by atoms with Crippen molar-refractivity contribution in [1.82, 2.24) is 5.32 Å². The molecule has 0 bridgehead atoms. The van der Waals surface area contributed by atoms with E-state index in [1.165, 1.54) is 0 Å². The Kier molecular flexibility index (Phi) is 10.3. The molecule has 0 heterocycles. The maximum atomic E-state index is 12.2. The molecule has 0 aliphatic heterocycles. The Morgan fingerprint density at radius 3 is 2.44 bits per heavy atom. The Balaban J connectivity index is 0.00000361. The SMILES string of the molecule is CC(CCC(=O)NCCS(=O)(=O)[O-])C1CCC2C3C(C[C@H](O)C12C)C1(C)CC[C@@H](O)CC1C[C@H]3O.[K+]. The van der Waals surface area contributed by atoms with E-state index in [0.29, 0.717) is 18.8 Å². The van der Waals surface area contributed by atoms with Gasteiger partial charge in [0.1, 0.15) is 0 Å². The summed E-state index contributed by atoms with van der Waals surface area (Å²) < 4.78 is 32.2. The molecule has 0 saturated heterocycles. The normalized spacial score (nSPS) is 45.0. The van der Waals surface area contributed by atoms with Crippen molar-refractivity contribution < 1.29 is 84.5 Å². The van der Waals surface area contributed by atoms with Crippen molar-refractivity contribution in [3.05, 3.63) is 0 Å². The minimum atomic E-state index is -4.35. The molecular formula is C26H44KNO7S. The van der Waals surface area contributed by atoms with E-state index in [1.807, 2.05) is 0 Å². The Bertz CT molecular complexity index is 903. The van der Waals surface area contributed by atoms with Crippen LogP contribution >= 0.6 is 0 Å². The number of rotatable bonds is 7. The largest absolute Gasteiger partial charge is 1.00 e. The summed E-state index contributed by atoms with van der Waals surface area (Å²) in [6.07, 6.45) is 5.58. The number of aliphatic hydroxyl groups is 3. The van der Waals surface area contributed by atoms with Crippen LogP contribution in [0.2, 0.25) is 0 Å². The predicted molar refractivity (Wildman–Crippen MR) is 130 cm³/mol. The fourth-order valence-corrected chi connectivity index (χ4v) is 9.45. The smallest absolute Gasteiger partial charge is 0.748 e. The van der Waals surface area contributed by atoms with Gasteiger partial charge < -0.3 is 25.2 Å². The zero-order valence-electron chi connectivity index (χ0n) is 22.4. The summed E-state index contributed by atoms with van der Waals surface area (Å²) >= 11 is 0. The molecule has 8 nitrogen and oxygen atoms in total. The summed E-state index contributed by atoms with van der Waals surface area (Å²) in [4.78, 5) is 12.2. The van der Waals surface area contributed by atoms with E-state index < -0.39 is 28.1 Å². The molecule has 202 valence electrons. The molecule has 0 spiro atoms. The molecule has 1 amide bonds. The number of aliphatic hydroxyl groups excluding tert-OH is 3. The van der Waals surface area contributed by atoms with Crippen LogP contribution in [0.15, 0.2) is 0 Å². The first kappa shape index (κ1) is 31.4. The van der Waals surface area contributed by atoms with Gasteiger partial charge in [0.05, 0.1) is 34.2 Å². The van der Waals surface area contributed by atoms with Crippen LogP contribution in [-0.4, -0.2) is 64.8 Å². The molecule has 4 fully saturated rings. The predicted octanol–water partition coefficient (Wildman–Crippen LogP) is -0.970. The number of nitrogens with one attached hydrogen (secondary N) is 1. The minimum absolute atomic E-state index is 0. The molecule has 10 heteroatoms. The van der Waals surface area contributed by atoms with Crippen molar-refractivity contribution in [3.8, 4) is 0 Å². The summed E-state index contributed by atoms with van der Waals surface area (Å²) in [5, 5.41) is 35.7. The Labute approximate surface area is 258 Å². The van der Waals surface area contributed by atoms with Gasteiger partial charge in [-0.2, -0.15) is 0 Å². The van der Waals surface area contributed by atoms with Crippen LogP contribution in [0.4, 0.5) is 0 Å². The number of fused-ring (bicyclic) bond motifs is 5. The summed E-state index contributed by atoms with van der Waals surface area (Å²) in [6, 6.07) is 0.